The van der Waals surface area contributed by atoms with Crippen LogP contribution in [0.15, 0.2) is 47.4 Å². The van der Waals surface area contributed by atoms with Crippen molar-refractivity contribution in [3.05, 3.63) is 64.2 Å². The van der Waals surface area contributed by atoms with Gasteiger partial charge in [0.1, 0.15) is 0 Å². The molecule has 0 saturated carbocycles. The molecule has 1 N–H and O–H groups in total. The molecule has 6 heteroatoms. The molecule has 0 saturated heterocycles. The maximum absolute atomic E-state index is 12.2. The van der Waals surface area contributed by atoms with Gasteiger partial charge in [0, 0.05) is 4.90 Å². The van der Waals surface area contributed by atoms with Crippen LogP contribution in [0.2, 0.25) is 5.02 Å². The van der Waals surface area contributed by atoms with Crippen molar-refractivity contribution < 1.29 is 14.3 Å². The van der Waals surface area contributed by atoms with E-state index in [1.165, 1.54) is 17.3 Å². The Labute approximate surface area is 162 Å². The van der Waals surface area contributed by atoms with Gasteiger partial charge in [0.15, 0.2) is 6.61 Å². The molecule has 0 bridgehead atoms. The van der Waals surface area contributed by atoms with Crippen molar-refractivity contribution in [2.75, 3.05) is 12.9 Å². The number of esters is 1. The number of benzene rings is 2. The molecule has 0 aromatic heterocycles. The third-order valence-corrected chi connectivity index (χ3v) is 5.49. The Kier molecular flexibility index (Phi) is 6.22. The van der Waals surface area contributed by atoms with Crippen molar-refractivity contribution in [3.63, 3.8) is 0 Å². The molecule has 1 aliphatic rings. The van der Waals surface area contributed by atoms with E-state index >= 15 is 0 Å². The first-order valence-electron chi connectivity index (χ1n) is 8.46. The maximum atomic E-state index is 12.2. The van der Waals surface area contributed by atoms with E-state index in [9.17, 15) is 9.59 Å². The van der Waals surface area contributed by atoms with Gasteiger partial charge in [-0.2, -0.15) is 0 Å². The predicted molar refractivity (Wildman–Crippen MR) is 104 cm³/mol. The van der Waals surface area contributed by atoms with Gasteiger partial charge in [-0.15, -0.1) is 11.8 Å². The minimum atomic E-state index is -0.593. The molecule has 0 heterocycles. The SMILES string of the molecule is CSc1ccc(Cl)c(C(=O)OCC(=O)N[C@@H]2CCCc3ccccc32)c1. The maximum Gasteiger partial charge on any atom is 0.340 e. The average Bonchev–Trinajstić information content (AvgIpc) is 2.67. The van der Waals surface area contributed by atoms with Gasteiger partial charge in [0.25, 0.3) is 5.91 Å². The highest BCUT2D eigenvalue weighted by Gasteiger charge is 2.22. The van der Waals surface area contributed by atoms with Gasteiger partial charge in [-0.25, -0.2) is 4.79 Å². The second-order valence-electron chi connectivity index (χ2n) is 6.13. The van der Waals surface area contributed by atoms with Crippen molar-refractivity contribution in [1.29, 1.82) is 0 Å². The zero-order chi connectivity index (χ0) is 18.5. The molecule has 0 spiro atoms. The number of amides is 1. The van der Waals surface area contributed by atoms with E-state index in [2.05, 4.69) is 11.4 Å². The number of thioether (sulfide) groups is 1. The largest absolute Gasteiger partial charge is 0.452 e. The summed E-state index contributed by atoms with van der Waals surface area (Å²) in [7, 11) is 0. The lowest BCUT2D eigenvalue weighted by molar-refractivity contribution is -0.125. The first-order chi connectivity index (χ1) is 12.6. The monoisotopic (exact) mass is 389 g/mol. The number of hydrogen-bond acceptors (Lipinski definition) is 4. The quantitative estimate of drug-likeness (QED) is 0.607. The van der Waals surface area contributed by atoms with Crippen LogP contribution in [0, 0.1) is 0 Å². The number of fused-ring (bicyclic) bond motifs is 1. The van der Waals surface area contributed by atoms with Crippen LogP contribution in [0.5, 0.6) is 0 Å². The average molecular weight is 390 g/mol. The van der Waals surface area contributed by atoms with Crippen molar-refractivity contribution in [2.24, 2.45) is 0 Å². The number of carbonyl (C=O) groups is 2. The van der Waals surface area contributed by atoms with Crippen LogP contribution in [0.4, 0.5) is 0 Å². The lowest BCUT2D eigenvalue weighted by atomic mass is 9.88. The molecule has 4 nitrogen and oxygen atoms in total. The van der Waals surface area contributed by atoms with E-state index in [1.807, 2.05) is 30.5 Å². The van der Waals surface area contributed by atoms with E-state index in [4.69, 9.17) is 16.3 Å². The summed E-state index contributed by atoms with van der Waals surface area (Å²) >= 11 is 7.57. The van der Waals surface area contributed by atoms with Gasteiger partial charge in [-0.1, -0.05) is 35.9 Å². The number of aryl methyl sites for hydroxylation is 1. The van der Waals surface area contributed by atoms with Crippen LogP contribution < -0.4 is 5.32 Å². The van der Waals surface area contributed by atoms with Gasteiger partial charge in [0.05, 0.1) is 16.6 Å². The smallest absolute Gasteiger partial charge is 0.340 e. The number of hydrogen-bond donors (Lipinski definition) is 1. The second kappa shape index (κ2) is 8.60. The first-order valence-corrected chi connectivity index (χ1v) is 10.1. The molecule has 136 valence electrons. The zero-order valence-corrected chi connectivity index (χ0v) is 16.0. The normalized spacial score (nSPS) is 15.8. The Balaban J connectivity index is 1.59. The lowest BCUT2D eigenvalue weighted by Crippen LogP contribution is -2.34. The Bertz CT molecular complexity index is 824. The van der Waals surface area contributed by atoms with Gasteiger partial charge in [-0.3, -0.25) is 4.79 Å². The van der Waals surface area contributed by atoms with E-state index in [0.29, 0.717) is 5.02 Å². The molecular weight excluding hydrogens is 370 g/mol. The highest BCUT2D eigenvalue weighted by atomic mass is 35.5. The molecule has 2 aromatic carbocycles. The summed E-state index contributed by atoms with van der Waals surface area (Å²) in [5, 5.41) is 3.28. The summed E-state index contributed by atoms with van der Waals surface area (Å²) < 4.78 is 5.16. The fourth-order valence-corrected chi connectivity index (χ4v) is 3.77. The number of rotatable bonds is 5. The van der Waals surface area contributed by atoms with Crippen LogP contribution in [0.3, 0.4) is 0 Å². The molecule has 1 atom stereocenters. The summed E-state index contributed by atoms with van der Waals surface area (Å²) in [4.78, 5) is 25.4. The molecular formula is C20H20ClNO3S. The van der Waals surface area contributed by atoms with Gasteiger partial charge < -0.3 is 10.1 Å². The lowest BCUT2D eigenvalue weighted by Gasteiger charge is -2.26. The van der Waals surface area contributed by atoms with Crippen molar-refractivity contribution in [1.82, 2.24) is 5.32 Å². The van der Waals surface area contributed by atoms with Crippen molar-refractivity contribution >= 4 is 35.2 Å². The summed E-state index contributed by atoms with van der Waals surface area (Å²) in [6.45, 7) is -0.322. The molecule has 2 aromatic rings. The minimum Gasteiger partial charge on any atom is -0.452 e. The van der Waals surface area contributed by atoms with Crippen molar-refractivity contribution in [3.8, 4) is 0 Å². The van der Waals surface area contributed by atoms with Crippen LogP contribution in [-0.2, 0) is 16.0 Å². The fourth-order valence-electron chi connectivity index (χ4n) is 3.14. The predicted octanol–water partition coefficient (Wildman–Crippen LogP) is 4.41. The van der Waals surface area contributed by atoms with Crippen LogP contribution >= 0.6 is 23.4 Å². The molecule has 0 unspecified atom stereocenters. The van der Waals surface area contributed by atoms with E-state index in [0.717, 1.165) is 29.7 Å². The number of nitrogens with one attached hydrogen (secondary N) is 1. The topological polar surface area (TPSA) is 55.4 Å². The summed E-state index contributed by atoms with van der Waals surface area (Å²) in [6, 6.07) is 13.2. The summed E-state index contributed by atoms with van der Waals surface area (Å²) in [5.74, 6) is -0.901. The molecule has 0 radical (unpaired) electrons. The molecule has 1 aliphatic carbocycles. The van der Waals surface area contributed by atoms with Crippen LogP contribution in [0.1, 0.15) is 40.4 Å². The standard InChI is InChI=1S/C20H20ClNO3S/c1-26-14-9-10-17(21)16(11-14)20(24)25-12-19(23)22-18-8-4-6-13-5-2-3-7-15(13)18/h2-3,5,7,9-11,18H,4,6,8,12H2,1H3,(H,22,23)/t18-/m1/s1. The van der Waals surface area contributed by atoms with Crippen LogP contribution in [-0.4, -0.2) is 24.7 Å². The Hall–Kier alpha value is -1.98. The second-order valence-corrected chi connectivity index (χ2v) is 7.42. The van der Waals surface area contributed by atoms with Crippen molar-refractivity contribution in [2.45, 2.75) is 30.2 Å². The van der Waals surface area contributed by atoms with E-state index in [-0.39, 0.29) is 24.1 Å². The van der Waals surface area contributed by atoms with E-state index < -0.39 is 5.97 Å². The number of ether oxygens (including phenoxy) is 1. The first kappa shape index (κ1) is 18.8. The molecule has 0 aliphatic heterocycles. The highest BCUT2D eigenvalue weighted by molar-refractivity contribution is 7.98. The highest BCUT2D eigenvalue weighted by Crippen LogP contribution is 2.29. The van der Waals surface area contributed by atoms with Crippen LogP contribution in [0.25, 0.3) is 0 Å². The third kappa shape index (κ3) is 4.40. The summed E-state index contributed by atoms with van der Waals surface area (Å²) in [5.41, 5.74) is 2.69. The zero-order valence-electron chi connectivity index (χ0n) is 14.5. The Morgan fingerprint density at radius 2 is 2.08 bits per heavy atom. The summed E-state index contributed by atoms with van der Waals surface area (Å²) in [6.07, 6.45) is 4.85. The fraction of sp³-hybridized carbons (Fsp3) is 0.300. The Morgan fingerprint density at radius 1 is 1.27 bits per heavy atom. The van der Waals surface area contributed by atoms with Gasteiger partial charge >= 0.3 is 5.97 Å². The third-order valence-electron chi connectivity index (χ3n) is 4.43. The van der Waals surface area contributed by atoms with E-state index in [1.54, 1.807) is 12.1 Å². The number of carbonyl (C=O) groups excluding carboxylic acids is 2. The Morgan fingerprint density at radius 3 is 2.88 bits per heavy atom. The minimum absolute atomic E-state index is 0.0328. The molecule has 3 rings (SSSR count). The van der Waals surface area contributed by atoms with Gasteiger partial charge in [-0.05, 0) is 54.8 Å². The molecule has 26 heavy (non-hydrogen) atoms. The number of halogens is 1. The molecule has 0 fully saturated rings. The molecule has 1 amide bonds. The van der Waals surface area contributed by atoms with Gasteiger partial charge in [0.2, 0.25) is 0 Å².